The van der Waals surface area contributed by atoms with Gasteiger partial charge < -0.3 is 20.5 Å². The van der Waals surface area contributed by atoms with Crippen molar-refractivity contribution >= 4 is 12.0 Å². The van der Waals surface area contributed by atoms with E-state index < -0.39 is 11.4 Å². The predicted molar refractivity (Wildman–Crippen MR) is 66.4 cm³/mol. The van der Waals surface area contributed by atoms with E-state index in [-0.39, 0.29) is 12.6 Å². The maximum Gasteiger partial charge on any atom is 0.314 e. The Balaban J connectivity index is 2.38. The van der Waals surface area contributed by atoms with E-state index in [0.717, 1.165) is 12.8 Å². The highest BCUT2D eigenvalue weighted by Crippen LogP contribution is 2.29. The second-order valence-electron chi connectivity index (χ2n) is 4.66. The van der Waals surface area contributed by atoms with Gasteiger partial charge in [0, 0.05) is 26.3 Å². The molecule has 104 valence electrons. The molecule has 0 aromatic rings. The minimum Gasteiger partial charge on any atom is -0.481 e. The van der Waals surface area contributed by atoms with Gasteiger partial charge in [0.15, 0.2) is 0 Å². The molecule has 6 nitrogen and oxygen atoms in total. The van der Waals surface area contributed by atoms with Crippen molar-refractivity contribution in [1.82, 2.24) is 10.6 Å². The van der Waals surface area contributed by atoms with Crippen molar-refractivity contribution < 1.29 is 19.4 Å². The Morgan fingerprint density at radius 2 is 1.94 bits per heavy atom. The van der Waals surface area contributed by atoms with Crippen LogP contribution in [0.3, 0.4) is 0 Å². The minimum atomic E-state index is -0.875. The fraction of sp³-hybridized carbons (Fsp3) is 0.833. The molecule has 1 fully saturated rings. The van der Waals surface area contributed by atoms with E-state index in [1.807, 2.05) is 6.92 Å². The monoisotopic (exact) mass is 258 g/mol. The van der Waals surface area contributed by atoms with E-state index in [4.69, 9.17) is 4.74 Å². The molecule has 0 radical (unpaired) electrons. The summed E-state index contributed by atoms with van der Waals surface area (Å²) in [6.45, 7) is 3.69. The number of carbonyl (C=O) groups is 2. The molecule has 1 aliphatic heterocycles. The number of hydrogen-bond donors (Lipinski definition) is 3. The van der Waals surface area contributed by atoms with Crippen LogP contribution >= 0.6 is 0 Å². The number of aliphatic carboxylic acids is 1. The number of carboxylic acids is 1. The van der Waals surface area contributed by atoms with E-state index in [1.165, 1.54) is 0 Å². The quantitative estimate of drug-likeness (QED) is 0.619. The summed E-state index contributed by atoms with van der Waals surface area (Å²) in [4.78, 5) is 22.8. The number of nitrogens with one attached hydrogen (secondary N) is 2. The molecule has 0 aliphatic carbocycles. The van der Waals surface area contributed by atoms with Crippen molar-refractivity contribution in [2.75, 3.05) is 26.3 Å². The summed E-state index contributed by atoms with van der Waals surface area (Å²) >= 11 is 0. The molecular weight excluding hydrogens is 236 g/mol. The van der Waals surface area contributed by atoms with Crippen LogP contribution < -0.4 is 10.6 Å². The van der Waals surface area contributed by atoms with E-state index in [2.05, 4.69) is 10.6 Å². The molecule has 0 spiro atoms. The van der Waals surface area contributed by atoms with Crippen LogP contribution in [0.25, 0.3) is 0 Å². The van der Waals surface area contributed by atoms with Crippen LogP contribution in [0.2, 0.25) is 0 Å². The van der Waals surface area contributed by atoms with Crippen LogP contribution in [-0.2, 0) is 9.53 Å². The average molecular weight is 258 g/mol. The lowest BCUT2D eigenvalue weighted by molar-refractivity contribution is -0.154. The highest BCUT2D eigenvalue weighted by atomic mass is 16.5. The molecule has 3 N–H and O–H groups in total. The number of carboxylic acid groups (broad SMARTS) is 1. The lowest BCUT2D eigenvalue weighted by Crippen LogP contribution is -2.48. The zero-order valence-corrected chi connectivity index (χ0v) is 10.8. The molecule has 6 heteroatoms. The minimum absolute atomic E-state index is 0.156. The lowest BCUT2D eigenvalue weighted by atomic mass is 9.80. The first-order valence-electron chi connectivity index (χ1n) is 6.43. The zero-order valence-electron chi connectivity index (χ0n) is 10.8. The van der Waals surface area contributed by atoms with Gasteiger partial charge in [-0.2, -0.15) is 0 Å². The summed E-state index contributed by atoms with van der Waals surface area (Å²) in [7, 11) is 0. The van der Waals surface area contributed by atoms with Crippen LogP contribution in [0, 0.1) is 5.41 Å². The third-order valence-electron chi connectivity index (χ3n) is 3.31. The van der Waals surface area contributed by atoms with E-state index >= 15 is 0 Å². The summed E-state index contributed by atoms with van der Waals surface area (Å²) in [6.07, 6.45) is 2.82. The Kier molecular flexibility index (Phi) is 5.91. The largest absolute Gasteiger partial charge is 0.481 e. The number of amides is 2. The SMILES string of the molecule is CCCCNC(=O)NCC1(C(=O)O)CCOCC1. The molecular formula is C12H22N2O4. The second kappa shape index (κ2) is 7.20. The summed E-state index contributed by atoms with van der Waals surface area (Å²) < 4.78 is 5.17. The normalized spacial score (nSPS) is 18.1. The number of hydrogen-bond acceptors (Lipinski definition) is 3. The van der Waals surface area contributed by atoms with Crippen molar-refractivity contribution in [3.05, 3.63) is 0 Å². The lowest BCUT2D eigenvalue weighted by Gasteiger charge is -2.33. The van der Waals surface area contributed by atoms with E-state index in [1.54, 1.807) is 0 Å². The standard InChI is InChI=1S/C12H22N2O4/c1-2-3-6-13-11(17)14-9-12(10(15)16)4-7-18-8-5-12/h2-9H2,1H3,(H,15,16)(H2,13,14,17). The zero-order chi connectivity index (χ0) is 13.4. The van der Waals surface area contributed by atoms with Gasteiger partial charge in [-0.25, -0.2) is 4.79 Å². The van der Waals surface area contributed by atoms with Crippen LogP contribution in [0.15, 0.2) is 0 Å². The number of unbranched alkanes of at least 4 members (excludes halogenated alkanes) is 1. The number of carbonyl (C=O) groups excluding carboxylic acids is 1. The molecule has 1 rings (SSSR count). The third-order valence-corrected chi connectivity index (χ3v) is 3.31. The summed E-state index contributed by atoms with van der Waals surface area (Å²) in [5.74, 6) is -0.861. The van der Waals surface area contributed by atoms with Crippen molar-refractivity contribution in [2.24, 2.45) is 5.41 Å². The first-order chi connectivity index (χ1) is 8.60. The van der Waals surface area contributed by atoms with Gasteiger partial charge in [-0.3, -0.25) is 4.79 Å². The maximum atomic E-state index is 11.5. The average Bonchev–Trinajstić information content (AvgIpc) is 2.37. The molecule has 2 amide bonds. The molecule has 0 bridgehead atoms. The molecule has 0 unspecified atom stereocenters. The Bertz CT molecular complexity index is 288. The number of rotatable bonds is 6. The van der Waals surface area contributed by atoms with Gasteiger partial charge in [-0.1, -0.05) is 13.3 Å². The van der Waals surface area contributed by atoms with Gasteiger partial charge in [0.2, 0.25) is 0 Å². The molecule has 1 saturated heterocycles. The van der Waals surface area contributed by atoms with Gasteiger partial charge in [-0.05, 0) is 19.3 Å². The molecule has 0 aromatic heterocycles. The van der Waals surface area contributed by atoms with E-state index in [9.17, 15) is 14.7 Å². The van der Waals surface area contributed by atoms with Gasteiger partial charge in [0.25, 0.3) is 0 Å². The topological polar surface area (TPSA) is 87.7 Å². The first kappa shape index (κ1) is 14.8. The predicted octanol–water partition coefficient (Wildman–Crippen LogP) is 0.967. The maximum absolute atomic E-state index is 11.5. The summed E-state index contributed by atoms with van der Waals surface area (Å²) in [5.41, 5.74) is -0.875. The van der Waals surface area contributed by atoms with Crippen molar-refractivity contribution in [3.8, 4) is 0 Å². The van der Waals surface area contributed by atoms with E-state index in [0.29, 0.717) is 32.6 Å². The summed E-state index contributed by atoms with van der Waals surface area (Å²) in [5, 5.41) is 14.6. The third kappa shape index (κ3) is 4.18. The summed E-state index contributed by atoms with van der Waals surface area (Å²) in [6, 6.07) is -0.296. The van der Waals surface area contributed by atoms with Gasteiger partial charge in [-0.15, -0.1) is 0 Å². The first-order valence-corrected chi connectivity index (χ1v) is 6.43. The fourth-order valence-corrected chi connectivity index (χ4v) is 1.92. The van der Waals surface area contributed by atoms with Crippen molar-refractivity contribution in [2.45, 2.75) is 32.6 Å². The number of urea groups is 1. The fourth-order valence-electron chi connectivity index (χ4n) is 1.92. The van der Waals surface area contributed by atoms with Gasteiger partial charge in [0.1, 0.15) is 0 Å². The van der Waals surface area contributed by atoms with Crippen molar-refractivity contribution in [3.63, 3.8) is 0 Å². The van der Waals surface area contributed by atoms with Gasteiger partial charge in [0.05, 0.1) is 5.41 Å². The molecule has 0 saturated carbocycles. The second-order valence-corrected chi connectivity index (χ2v) is 4.66. The van der Waals surface area contributed by atoms with Crippen LogP contribution in [-0.4, -0.2) is 43.4 Å². The highest BCUT2D eigenvalue weighted by Gasteiger charge is 2.40. The molecule has 0 aromatic carbocycles. The van der Waals surface area contributed by atoms with Crippen LogP contribution in [0.4, 0.5) is 4.79 Å². The molecule has 18 heavy (non-hydrogen) atoms. The smallest absolute Gasteiger partial charge is 0.314 e. The Morgan fingerprint density at radius 1 is 1.28 bits per heavy atom. The molecule has 0 atom stereocenters. The van der Waals surface area contributed by atoms with Crippen LogP contribution in [0.5, 0.6) is 0 Å². The van der Waals surface area contributed by atoms with Crippen molar-refractivity contribution in [1.29, 1.82) is 0 Å². The number of ether oxygens (including phenoxy) is 1. The van der Waals surface area contributed by atoms with Crippen LogP contribution in [0.1, 0.15) is 32.6 Å². The highest BCUT2D eigenvalue weighted by molar-refractivity contribution is 5.78. The molecule has 1 heterocycles. The molecule has 1 aliphatic rings. The van der Waals surface area contributed by atoms with Gasteiger partial charge >= 0.3 is 12.0 Å². The Morgan fingerprint density at radius 3 is 2.50 bits per heavy atom. The Hall–Kier alpha value is -1.30. The Labute approximate surface area is 107 Å².